The number of amides is 1. The maximum absolute atomic E-state index is 13.2. The summed E-state index contributed by atoms with van der Waals surface area (Å²) in [4.78, 5) is 12.9. The van der Waals surface area contributed by atoms with Gasteiger partial charge in [-0.1, -0.05) is 6.07 Å². The second-order valence-corrected chi connectivity index (χ2v) is 9.89. The maximum Gasteiger partial charge on any atom is 0.243 e. The van der Waals surface area contributed by atoms with Crippen molar-refractivity contribution in [3.05, 3.63) is 42.0 Å². The predicted octanol–water partition coefficient (Wildman–Crippen LogP) is 2.48. The second-order valence-electron chi connectivity index (χ2n) is 7.95. The monoisotopic (exact) mass is 492 g/mol. The van der Waals surface area contributed by atoms with Gasteiger partial charge in [-0.25, -0.2) is 8.42 Å². The SMILES string of the molecule is COc1ccc(CCNC(=O)[C@H]2CCCN(S(=O)(=O)c3ccc(OC)c(OC)c3)C2)cc1OC. The van der Waals surface area contributed by atoms with E-state index in [1.165, 1.54) is 30.7 Å². The van der Waals surface area contributed by atoms with Crippen molar-refractivity contribution >= 4 is 15.9 Å². The van der Waals surface area contributed by atoms with E-state index in [-0.39, 0.29) is 17.3 Å². The first-order chi connectivity index (χ1) is 16.3. The number of ether oxygens (including phenoxy) is 4. The number of benzene rings is 2. The van der Waals surface area contributed by atoms with Crippen LogP contribution in [0.15, 0.2) is 41.3 Å². The second kappa shape index (κ2) is 11.4. The van der Waals surface area contributed by atoms with Crippen LogP contribution in [-0.4, -0.2) is 66.7 Å². The number of rotatable bonds is 10. The van der Waals surface area contributed by atoms with E-state index in [0.29, 0.717) is 55.4 Å². The number of hydrogen-bond donors (Lipinski definition) is 1. The lowest BCUT2D eigenvalue weighted by molar-refractivity contribution is -0.126. The first kappa shape index (κ1) is 25.6. The molecule has 2 aromatic carbocycles. The molecule has 0 bridgehead atoms. The molecule has 34 heavy (non-hydrogen) atoms. The molecule has 2 aromatic rings. The Balaban J connectivity index is 1.61. The van der Waals surface area contributed by atoms with Gasteiger partial charge in [0.1, 0.15) is 0 Å². The van der Waals surface area contributed by atoms with Crippen molar-refractivity contribution in [3.63, 3.8) is 0 Å². The fourth-order valence-electron chi connectivity index (χ4n) is 4.01. The molecule has 0 spiro atoms. The summed E-state index contributed by atoms with van der Waals surface area (Å²) in [6.07, 6.45) is 1.87. The molecule has 0 unspecified atom stereocenters. The summed E-state index contributed by atoms with van der Waals surface area (Å²) in [5, 5.41) is 2.94. The van der Waals surface area contributed by atoms with Crippen molar-refractivity contribution < 1.29 is 32.2 Å². The highest BCUT2D eigenvalue weighted by Gasteiger charge is 2.33. The van der Waals surface area contributed by atoms with Gasteiger partial charge in [0, 0.05) is 25.7 Å². The summed E-state index contributed by atoms with van der Waals surface area (Å²) < 4.78 is 48.8. The highest BCUT2D eigenvalue weighted by Crippen LogP contribution is 2.32. The Morgan fingerprint density at radius 2 is 1.56 bits per heavy atom. The van der Waals surface area contributed by atoms with Gasteiger partial charge in [-0.15, -0.1) is 0 Å². The minimum atomic E-state index is -3.77. The molecule has 9 nitrogen and oxygen atoms in total. The Bertz CT molecular complexity index is 1100. The maximum atomic E-state index is 13.2. The molecular weight excluding hydrogens is 460 g/mol. The zero-order valence-corrected chi connectivity index (χ0v) is 20.8. The summed E-state index contributed by atoms with van der Waals surface area (Å²) in [5.41, 5.74) is 0.999. The molecule has 3 rings (SSSR count). The van der Waals surface area contributed by atoms with Crippen LogP contribution in [0, 0.1) is 5.92 Å². The van der Waals surface area contributed by atoms with E-state index < -0.39 is 15.9 Å². The van der Waals surface area contributed by atoms with Crippen LogP contribution < -0.4 is 24.3 Å². The van der Waals surface area contributed by atoms with E-state index in [4.69, 9.17) is 18.9 Å². The van der Waals surface area contributed by atoms with Crippen molar-refractivity contribution in [2.24, 2.45) is 5.92 Å². The quantitative estimate of drug-likeness (QED) is 0.543. The predicted molar refractivity (Wildman–Crippen MR) is 127 cm³/mol. The number of carbonyl (C=O) groups is 1. The number of nitrogens with one attached hydrogen (secondary N) is 1. The summed E-state index contributed by atoms with van der Waals surface area (Å²) in [6, 6.07) is 10.1. The number of hydrogen-bond acceptors (Lipinski definition) is 7. The summed E-state index contributed by atoms with van der Waals surface area (Å²) in [7, 11) is 2.33. The molecule has 10 heteroatoms. The summed E-state index contributed by atoms with van der Waals surface area (Å²) in [5.74, 6) is 1.52. The van der Waals surface area contributed by atoms with Crippen molar-refractivity contribution in [1.29, 1.82) is 0 Å². The minimum absolute atomic E-state index is 0.111. The molecule has 1 atom stereocenters. The minimum Gasteiger partial charge on any atom is -0.493 e. The normalized spacial score (nSPS) is 16.5. The number of sulfonamides is 1. The van der Waals surface area contributed by atoms with Crippen LogP contribution in [-0.2, 0) is 21.2 Å². The average molecular weight is 493 g/mol. The molecule has 0 aliphatic carbocycles. The fourth-order valence-corrected chi connectivity index (χ4v) is 5.55. The highest BCUT2D eigenvalue weighted by molar-refractivity contribution is 7.89. The van der Waals surface area contributed by atoms with Crippen LogP contribution in [0.3, 0.4) is 0 Å². The summed E-state index contributed by atoms with van der Waals surface area (Å²) in [6.45, 7) is 0.943. The molecule has 0 saturated carbocycles. The number of piperidine rings is 1. The third-order valence-electron chi connectivity index (χ3n) is 5.91. The van der Waals surface area contributed by atoms with E-state index >= 15 is 0 Å². The zero-order valence-electron chi connectivity index (χ0n) is 20.0. The van der Waals surface area contributed by atoms with Gasteiger partial charge < -0.3 is 24.3 Å². The van der Waals surface area contributed by atoms with Gasteiger partial charge >= 0.3 is 0 Å². The van der Waals surface area contributed by atoms with Gasteiger partial charge in [0.15, 0.2) is 23.0 Å². The van der Waals surface area contributed by atoms with E-state index in [1.54, 1.807) is 20.3 Å². The molecule has 1 aliphatic heterocycles. The molecular formula is C24H32N2O7S. The Morgan fingerprint density at radius 3 is 2.21 bits per heavy atom. The largest absolute Gasteiger partial charge is 0.493 e. The van der Waals surface area contributed by atoms with Gasteiger partial charge in [-0.2, -0.15) is 4.31 Å². The lowest BCUT2D eigenvalue weighted by atomic mass is 9.99. The third-order valence-corrected chi connectivity index (χ3v) is 7.77. The van der Waals surface area contributed by atoms with E-state index in [2.05, 4.69) is 5.32 Å². The smallest absolute Gasteiger partial charge is 0.243 e. The van der Waals surface area contributed by atoms with Crippen LogP contribution in [0.2, 0.25) is 0 Å². The Labute approximate surface area is 201 Å². The van der Waals surface area contributed by atoms with Gasteiger partial charge in [-0.05, 0) is 49.1 Å². The lowest BCUT2D eigenvalue weighted by Crippen LogP contribution is -2.45. The van der Waals surface area contributed by atoms with E-state index in [1.807, 2.05) is 18.2 Å². The Kier molecular flexibility index (Phi) is 8.62. The molecule has 1 N–H and O–H groups in total. The van der Waals surface area contributed by atoms with Crippen molar-refractivity contribution in [1.82, 2.24) is 9.62 Å². The first-order valence-corrected chi connectivity index (χ1v) is 12.5. The number of carbonyl (C=O) groups excluding carboxylic acids is 1. The van der Waals surface area contributed by atoms with Crippen molar-refractivity contribution in [3.8, 4) is 23.0 Å². The molecule has 0 aromatic heterocycles. The zero-order chi connectivity index (χ0) is 24.7. The van der Waals surface area contributed by atoms with Crippen LogP contribution >= 0.6 is 0 Å². The van der Waals surface area contributed by atoms with Crippen LogP contribution in [0.5, 0.6) is 23.0 Å². The van der Waals surface area contributed by atoms with Crippen LogP contribution in [0.25, 0.3) is 0 Å². The Morgan fingerprint density at radius 1 is 0.941 bits per heavy atom. The molecule has 186 valence electrons. The van der Waals surface area contributed by atoms with Crippen molar-refractivity contribution in [2.45, 2.75) is 24.2 Å². The Hall–Kier alpha value is -2.98. The number of nitrogens with zero attached hydrogens (tertiary/aromatic N) is 1. The fraction of sp³-hybridized carbons (Fsp3) is 0.458. The van der Waals surface area contributed by atoms with Gasteiger partial charge in [0.25, 0.3) is 0 Å². The molecule has 0 radical (unpaired) electrons. The van der Waals surface area contributed by atoms with Crippen LogP contribution in [0.4, 0.5) is 0 Å². The molecule has 1 saturated heterocycles. The standard InChI is InChI=1S/C24H32N2O7S/c1-30-20-9-7-17(14-22(20)32-3)11-12-25-24(27)18-6-5-13-26(16-18)34(28,29)19-8-10-21(31-2)23(15-19)33-4/h7-10,14-15,18H,5-6,11-13,16H2,1-4H3,(H,25,27)/t18-/m0/s1. The topological polar surface area (TPSA) is 103 Å². The van der Waals surface area contributed by atoms with Gasteiger partial charge in [0.2, 0.25) is 15.9 Å². The molecule has 1 aliphatic rings. The molecule has 1 heterocycles. The van der Waals surface area contributed by atoms with Gasteiger partial charge in [-0.3, -0.25) is 4.79 Å². The van der Waals surface area contributed by atoms with Gasteiger partial charge in [0.05, 0.1) is 39.3 Å². The van der Waals surface area contributed by atoms with E-state index in [0.717, 1.165) is 5.56 Å². The number of methoxy groups -OCH3 is 4. The van der Waals surface area contributed by atoms with E-state index in [9.17, 15) is 13.2 Å². The highest BCUT2D eigenvalue weighted by atomic mass is 32.2. The average Bonchev–Trinajstić information content (AvgIpc) is 2.87. The lowest BCUT2D eigenvalue weighted by Gasteiger charge is -2.31. The van der Waals surface area contributed by atoms with Crippen LogP contribution in [0.1, 0.15) is 18.4 Å². The summed E-state index contributed by atoms with van der Waals surface area (Å²) >= 11 is 0. The molecule has 1 amide bonds. The third kappa shape index (κ3) is 5.74. The first-order valence-electron chi connectivity index (χ1n) is 11.0. The van der Waals surface area contributed by atoms with Crippen molar-refractivity contribution in [2.75, 3.05) is 48.1 Å². The molecule has 1 fully saturated rings.